The molecule has 14 heavy (non-hydrogen) atoms. The van der Waals surface area contributed by atoms with Crippen LogP contribution in [0.1, 0.15) is 5.56 Å². The summed E-state index contributed by atoms with van der Waals surface area (Å²) in [7, 11) is 2.12. The summed E-state index contributed by atoms with van der Waals surface area (Å²) in [6.45, 7) is 1.89. The molecule has 1 aliphatic rings. The summed E-state index contributed by atoms with van der Waals surface area (Å²) in [5.74, 6) is 0. The van der Waals surface area contributed by atoms with Crippen molar-refractivity contribution in [2.24, 2.45) is 4.99 Å². The van der Waals surface area contributed by atoms with Gasteiger partial charge in [0.15, 0.2) is 0 Å². The monoisotopic (exact) mass is 206 g/mol. The molecule has 0 bridgehead atoms. The van der Waals surface area contributed by atoms with Gasteiger partial charge in [0.25, 0.3) is 0 Å². The third-order valence-electron chi connectivity index (χ3n) is 2.43. The largest absolute Gasteiger partial charge is 0.372 e. The van der Waals surface area contributed by atoms with Gasteiger partial charge in [0.05, 0.1) is 11.6 Å². The number of hydrogen-bond acceptors (Lipinski definition) is 3. The second-order valence-corrected chi connectivity index (χ2v) is 4.12. The summed E-state index contributed by atoms with van der Waals surface area (Å²) < 4.78 is 0. The number of para-hydroxylation sites is 1. The van der Waals surface area contributed by atoms with E-state index in [1.54, 1.807) is 11.8 Å². The lowest BCUT2D eigenvalue weighted by atomic mass is 10.2. The molecule has 0 aliphatic carbocycles. The summed E-state index contributed by atoms with van der Waals surface area (Å²) in [6.07, 6.45) is 2.08. The van der Waals surface area contributed by atoms with Gasteiger partial charge in [-0.25, -0.2) is 0 Å². The normalized spacial score (nSPS) is 15.9. The quantitative estimate of drug-likeness (QED) is 0.647. The number of fused-ring (bicyclic) bond motifs is 1. The number of hydrogen-bond donors (Lipinski definition) is 0. The molecule has 1 aliphatic heterocycles. The number of aliphatic imine (C=N–C) groups is 1. The van der Waals surface area contributed by atoms with Gasteiger partial charge in [-0.3, -0.25) is 4.99 Å². The first kappa shape index (κ1) is 9.59. The Hall–Kier alpha value is -0.960. The van der Waals surface area contributed by atoms with E-state index in [-0.39, 0.29) is 0 Å². The molecule has 3 heteroatoms. The number of anilines is 1. The van der Waals surface area contributed by atoms with E-state index in [1.165, 1.54) is 11.3 Å². The third-order valence-corrected chi connectivity index (χ3v) is 3.17. The Kier molecular flexibility index (Phi) is 2.77. The molecule has 0 aromatic heterocycles. The van der Waals surface area contributed by atoms with E-state index in [0.29, 0.717) is 0 Å². The number of benzodiazepines with no additional fused rings is 1. The molecule has 2 nitrogen and oxygen atoms in total. The maximum Gasteiger partial charge on any atom is 0.0995 e. The summed E-state index contributed by atoms with van der Waals surface area (Å²) in [6, 6.07) is 8.46. The highest BCUT2D eigenvalue weighted by Crippen LogP contribution is 2.25. The second-order valence-electron chi connectivity index (χ2n) is 3.33. The molecule has 0 saturated carbocycles. The minimum atomic E-state index is 0.890. The molecule has 1 heterocycles. The topological polar surface area (TPSA) is 15.6 Å². The molecule has 0 atom stereocenters. The highest BCUT2D eigenvalue weighted by Gasteiger charge is 2.14. The molecule has 0 fully saturated rings. The van der Waals surface area contributed by atoms with Gasteiger partial charge in [-0.1, -0.05) is 18.2 Å². The van der Waals surface area contributed by atoms with Crippen molar-refractivity contribution in [2.45, 2.75) is 0 Å². The summed E-state index contributed by atoms with van der Waals surface area (Å²) in [5.41, 5.74) is 2.55. The number of likely N-dealkylation sites (N-methyl/N-ethyl adjacent to an activating group) is 1. The number of thioether (sulfide) groups is 1. The van der Waals surface area contributed by atoms with E-state index in [9.17, 15) is 0 Å². The van der Waals surface area contributed by atoms with Crippen molar-refractivity contribution in [3.05, 3.63) is 29.8 Å². The first-order valence-electron chi connectivity index (χ1n) is 4.72. The highest BCUT2D eigenvalue weighted by molar-refractivity contribution is 8.13. The molecule has 0 unspecified atom stereocenters. The zero-order valence-electron chi connectivity index (χ0n) is 8.53. The molecule has 0 amide bonds. The molecule has 1 aromatic carbocycles. The Balaban J connectivity index is 2.51. The lowest BCUT2D eigenvalue weighted by Gasteiger charge is -2.18. The Morgan fingerprint density at radius 2 is 2.14 bits per heavy atom. The molecule has 2 rings (SSSR count). The van der Waals surface area contributed by atoms with Crippen LogP contribution in [0.5, 0.6) is 0 Å². The van der Waals surface area contributed by atoms with Crippen LogP contribution in [0.3, 0.4) is 0 Å². The second kappa shape index (κ2) is 4.05. The first-order chi connectivity index (χ1) is 6.83. The smallest absolute Gasteiger partial charge is 0.0995 e. The Bertz CT molecular complexity index is 360. The van der Waals surface area contributed by atoms with E-state index in [4.69, 9.17) is 0 Å². The van der Waals surface area contributed by atoms with Gasteiger partial charge in [-0.15, -0.1) is 11.8 Å². The lowest BCUT2D eigenvalue weighted by Crippen LogP contribution is -2.20. The molecule has 74 valence electrons. The van der Waals surface area contributed by atoms with E-state index >= 15 is 0 Å². The van der Waals surface area contributed by atoms with Crippen LogP contribution < -0.4 is 4.90 Å². The van der Waals surface area contributed by atoms with Crippen molar-refractivity contribution in [3.63, 3.8) is 0 Å². The SMILES string of the molecule is CSC1=NCCN(C)c2ccccc21. The summed E-state index contributed by atoms with van der Waals surface area (Å²) >= 11 is 1.73. The Labute approximate surface area is 89.0 Å². The predicted octanol–water partition coefficient (Wildman–Crippen LogP) is 2.25. The van der Waals surface area contributed by atoms with E-state index in [2.05, 4.69) is 47.5 Å². The van der Waals surface area contributed by atoms with Crippen molar-refractivity contribution >= 4 is 22.5 Å². The number of benzene rings is 1. The fourth-order valence-corrected chi connectivity index (χ4v) is 2.28. The maximum atomic E-state index is 4.57. The van der Waals surface area contributed by atoms with Crippen LogP contribution in [-0.2, 0) is 0 Å². The first-order valence-corrected chi connectivity index (χ1v) is 5.94. The predicted molar refractivity (Wildman–Crippen MR) is 64.6 cm³/mol. The fourth-order valence-electron chi connectivity index (χ4n) is 1.67. The van der Waals surface area contributed by atoms with Gasteiger partial charge < -0.3 is 4.90 Å². The van der Waals surface area contributed by atoms with Crippen LogP contribution in [0, 0.1) is 0 Å². The number of rotatable bonds is 0. The van der Waals surface area contributed by atoms with Crippen LogP contribution in [0.4, 0.5) is 5.69 Å². The van der Waals surface area contributed by atoms with Crippen LogP contribution in [0.15, 0.2) is 29.3 Å². The van der Waals surface area contributed by atoms with Crippen LogP contribution >= 0.6 is 11.8 Å². The van der Waals surface area contributed by atoms with Gasteiger partial charge in [0, 0.05) is 24.8 Å². The maximum absolute atomic E-state index is 4.57. The Morgan fingerprint density at radius 3 is 2.93 bits per heavy atom. The van der Waals surface area contributed by atoms with Crippen LogP contribution in [0.25, 0.3) is 0 Å². The van der Waals surface area contributed by atoms with Crippen molar-refractivity contribution in [1.82, 2.24) is 0 Å². The molecule has 0 radical (unpaired) electrons. The fraction of sp³-hybridized carbons (Fsp3) is 0.364. The van der Waals surface area contributed by atoms with Gasteiger partial charge in [-0.05, 0) is 12.3 Å². The standard InChI is InChI=1S/C11H14N2S/c1-13-8-7-12-11(14-2)9-5-3-4-6-10(9)13/h3-6H,7-8H2,1-2H3. The van der Waals surface area contributed by atoms with Crippen LogP contribution in [0.2, 0.25) is 0 Å². The van der Waals surface area contributed by atoms with Crippen molar-refractivity contribution in [1.29, 1.82) is 0 Å². The van der Waals surface area contributed by atoms with Crippen molar-refractivity contribution in [3.8, 4) is 0 Å². The average molecular weight is 206 g/mol. The highest BCUT2D eigenvalue weighted by atomic mass is 32.2. The third kappa shape index (κ3) is 1.64. The Morgan fingerprint density at radius 1 is 1.36 bits per heavy atom. The molecule has 1 aromatic rings. The molecular weight excluding hydrogens is 192 g/mol. The van der Waals surface area contributed by atoms with Gasteiger partial charge in [0.2, 0.25) is 0 Å². The summed E-state index contributed by atoms with van der Waals surface area (Å²) in [5, 5.41) is 1.16. The minimum absolute atomic E-state index is 0.890. The number of nitrogens with zero attached hydrogens (tertiary/aromatic N) is 2. The molecule has 0 saturated heterocycles. The summed E-state index contributed by atoms with van der Waals surface area (Å²) in [4.78, 5) is 6.84. The minimum Gasteiger partial charge on any atom is -0.372 e. The van der Waals surface area contributed by atoms with E-state index in [0.717, 1.165) is 18.1 Å². The van der Waals surface area contributed by atoms with Gasteiger partial charge in [0.1, 0.15) is 0 Å². The molecular formula is C11H14N2S. The van der Waals surface area contributed by atoms with Crippen molar-refractivity contribution < 1.29 is 0 Å². The average Bonchev–Trinajstić information content (AvgIpc) is 2.39. The van der Waals surface area contributed by atoms with Crippen molar-refractivity contribution in [2.75, 3.05) is 31.3 Å². The molecule has 0 spiro atoms. The van der Waals surface area contributed by atoms with E-state index < -0.39 is 0 Å². The molecule has 0 N–H and O–H groups in total. The zero-order chi connectivity index (χ0) is 9.97. The van der Waals surface area contributed by atoms with Gasteiger partial charge in [-0.2, -0.15) is 0 Å². The van der Waals surface area contributed by atoms with Crippen LogP contribution in [-0.4, -0.2) is 31.4 Å². The lowest BCUT2D eigenvalue weighted by molar-refractivity contribution is 0.897. The van der Waals surface area contributed by atoms with E-state index in [1.807, 2.05) is 0 Å². The zero-order valence-corrected chi connectivity index (χ0v) is 9.34. The van der Waals surface area contributed by atoms with Gasteiger partial charge >= 0.3 is 0 Å².